The summed E-state index contributed by atoms with van der Waals surface area (Å²) in [5.74, 6) is -1.86. The molecule has 1 aromatic carbocycles. The average Bonchev–Trinajstić information content (AvgIpc) is 2.38. The monoisotopic (exact) mass is 273 g/mol. The smallest absolute Gasteiger partial charge is 0.253 e. The highest BCUT2D eigenvalue weighted by Crippen LogP contribution is 2.15. The van der Waals surface area contributed by atoms with Crippen LogP contribution >= 0.6 is 0 Å². The molecule has 1 amide bonds. The summed E-state index contributed by atoms with van der Waals surface area (Å²) < 4.78 is 36.5. The third kappa shape index (κ3) is 5.32. The fourth-order valence-corrected chi connectivity index (χ4v) is 1.33. The van der Waals surface area contributed by atoms with Gasteiger partial charge >= 0.3 is 0 Å². The van der Waals surface area contributed by atoms with Crippen LogP contribution in [0.15, 0.2) is 18.2 Å². The number of halogens is 2. The van der Waals surface area contributed by atoms with E-state index >= 15 is 0 Å². The Morgan fingerprint density at radius 3 is 2.79 bits per heavy atom. The van der Waals surface area contributed by atoms with Crippen molar-refractivity contribution in [2.45, 2.75) is 20.0 Å². The number of ether oxygens (including phenoxy) is 2. The maximum absolute atomic E-state index is 13.3. The number of anilines is 1. The summed E-state index contributed by atoms with van der Waals surface area (Å²) in [5.41, 5.74) is -0.203. The number of rotatable bonds is 7. The van der Waals surface area contributed by atoms with Gasteiger partial charge in [-0.2, -0.15) is 0 Å². The summed E-state index contributed by atoms with van der Waals surface area (Å²) in [6.07, 6.45) is -0.775. The molecule has 1 unspecified atom stereocenters. The van der Waals surface area contributed by atoms with Gasteiger partial charge in [0.15, 0.2) is 0 Å². The summed E-state index contributed by atoms with van der Waals surface area (Å²) in [6, 6.07) is 2.85. The molecule has 1 rings (SSSR count). The molecular formula is C13H17F2NO3. The van der Waals surface area contributed by atoms with Crippen molar-refractivity contribution in [2.75, 3.05) is 25.1 Å². The largest absolute Gasteiger partial charge is 0.379 e. The summed E-state index contributed by atoms with van der Waals surface area (Å²) in [4.78, 5) is 11.7. The normalized spacial score (nSPS) is 12.2. The van der Waals surface area contributed by atoms with E-state index < -0.39 is 23.6 Å². The van der Waals surface area contributed by atoms with Crippen molar-refractivity contribution < 1.29 is 23.0 Å². The van der Waals surface area contributed by atoms with Gasteiger partial charge in [0.05, 0.1) is 18.9 Å². The van der Waals surface area contributed by atoms with Gasteiger partial charge < -0.3 is 14.8 Å². The van der Waals surface area contributed by atoms with Gasteiger partial charge in [-0.05, 0) is 26.0 Å². The molecule has 0 aliphatic heterocycles. The highest BCUT2D eigenvalue weighted by molar-refractivity contribution is 5.93. The van der Waals surface area contributed by atoms with Crippen LogP contribution in [0.3, 0.4) is 0 Å². The second-order valence-corrected chi connectivity index (χ2v) is 3.82. The number of carbonyl (C=O) groups excluding carboxylic acids is 1. The van der Waals surface area contributed by atoms with Crippen molar-refractivity contribution in [2.24, 2.45) is 0 Å². The second kappa shape index (κ2) is 7.81. The highest BCUT2D eigenvalue weighted by Gasteiger charge is 2.15. The molecule has 6 heteroatoms. The van der Waals surface area contributed by atoms with Crippen molar-refractivity contribution in [3.05, 3.63) is 29.8 Å². The Morgan fingerprint density at radius 2 is 2.11 bits per heavy atom. The number of amides is 1. The number of hydrogen-bond acceptors (Lipinski definition) is 3. The molecule has 0 fully saturated rings. The first-order chi connectivity index (χ1) is 9.04. The van der Waals surface area contributed by atoms with Gasteiger partial charge in [-0.15, -0.1) is 0 Å². The maximum Gasteiger partial charge on any atom is 0.253 e. The number of nitrogens with one attached hydrogen (secondary N) is 1. The molecule has 0 heterocycles. The molecule has 1 N–H and O–H groups in total. The third-order valence-electron chi connectivity index (χ3n) is 2.36. The zero-order valence-corrected chi connectivity index (χ0v) is 10.9. The van der Waals surface area contributed by atoms with E-state index in [0.717, 1.165) is 18.2 Å². The van der Waals surface area contributed by atoms with Gasteiger partial charge in [0, 0.05) is 12.7 Å². The number of benzene rings is 1. The molecular weight excluding hydrogens is 256 g/mol. The number of carbonyl (C=O) groups is 1. The lowest BCUT2D eigenvalue weighted by Crippen LogP contribution is -2.29. The molecule has 19 heavy (non-hydrogen) atoms. The molecule has 0 aliphatic carbocycles. The Kier molecular flexibility index (Phi) is 6.38. The first kappa shape index (κ1) is 15.5. The zero-order valence-electron chi connectivity index (χ0n) is 10.9. The summed E-state index contributed by atoms with van der Waals surface area (Å²) in [5, 5.41) is 2.27. The van der Waals surface area contributed by atoms with Crippen molar-refractivity contribution in [3.8, 4) is 0 Å². The molecule has 0 spiro atoms. The van der Waals surface area contributed by atoms with E-state index in [1.54, 1.807) is 0 Å². The van der Waals surface area contributed by atoms with E-state index in [4.69, 9.17) is 9.47 Å². The first-order valence-corrected chi connectivity index (χ1v) is 5.99. The van der Waals surface area contributed by atoms with Crippen LogP contribution in [0.1, 0.15) is 13.8 Å². The molecule has 0 saturated carbocycles. The molecule has 0 bridgehead atoms. The van der Waals surface area contributed by atoms with Crippen molar-refractivity contribution in [1.82, 2.24) is 0 Å². The van der Waals surface area contributed by atoms with Gasteiger partial charge in [-0.3, -0.25) is 4.79 Å². The quantitative estimate of drug-likeness (QED) is 0.776. The van der Waals surface area contributed by atoms with E-state index in [2.05, 4.69) is 5.32 Å². The van der Waals surface area contributed by atoms with E-state index in [0.29, 0.717) is 13.2 Å². The third-order valence-corrected chi connectivity index (χ3v) is 2.36. The van der Waals surface area contributed by atoms with Crippen LogP contribution in [0.4, 0.5) is 14.5 Å². The highest BCUT2D eigenvalue weighted by atomic mass is 19.1. The molecule has 0 aliphatic rings. The van der Waals surface area contributed by atoms with Crippen LogP contribution in [0.5, 0.6) is 0 Å². The lowest BCUT2D eigenvalue weighted by Gasteiger charge is -2.13. The average molecular weight is 273 g/mol. The maximum atomic E-state index is 13.3. The standard InChI is InChI=1S/C13H17F2NO3/c1-3-18-6-7-19-9(2)13(17)16-12-8-10(14)4-5-11(12)15/h4-5,8-9H,3,6-7H2,1-2H3,(H,16,17). The van der Waals surface area contributed by atoms with Gasteiger partial charge in [-0.25, -0.2) is 8.78 Å². The summed E-state index contributed by atoms with van der Waals surface area (Å²) >= 11 is 0. The zero-order chi connectivity index (χ0) is 14.3. The minimum Gasteiger partial charge on any atom is -0.379 e. The molecule has 0 saturated heterocycles. The lowest BCUT2D eigenvalue weighted by atomic mass is 10.2. The van der Waals surface area contributed by atoms with Crippen molar-refractivity contribution in [3.63, 3.8) is 0 Å². The Labute approximate surface area is 110 Å². The fourth-order valence-electron chi connectivity index (χ4n) is 1.33. The Morgan fingerprint density at radius 1 is 1.37 bits per heavy atom. The van der Waals surface area contributed by atoms with Crippen molar-refractivity contribution >= 4 is 11.6 Å². The summed E-state index contributed by atoms with van der Waals surface area (Å²) in [7, 11) is 0. The molecule has 0 aromatic heterocycles. The van der Waals surface area contributed by atoms with Crippen LogP contribution in [0.2, 0.25) is 0 Å². The Balaban J connectivity index is 2.47. The minimum absolute atomic E-state index is 0.203. The summed E-state index contributed by atoms with van der Waals surface area (Å²) in [6.45, 7) is 4.58. The van der Waals surface area contributed by atoms with E-state index in [9.17, 15) is 13.6 Å². The Hall–Kier alpha value is -1.53. The van der Waals surface area contributed by atoms with Gasteiger partial charge in [0.1, 0.15) is 17.7 Å². The Bertz CT molecular complexity index is 426. The van der Waals surface area contributed by atoms with Crippen LogP contribution in [-0.2, 0) is 14.3 Å². The predicted octanol–water partition coefficient (Wildman–Crippen LogP) is 2.34. The minimum atomic E-state index is -0.775. The van der Waals surface area contributed by atoms with Crippen molar-refractivity contribution in [1.29, 1.82) is 0 Å². The molecule has 0 radical (unpaired) electrons. The van der Waals surface area contributed by atoms with E-state index in [-0.39, 0.29) is 12.3 Å². The topological polar surface area (TPSA) is 47.6 Å². The lowest BCUT2D eigenvalue weighted by molar-refractivity contribution is -0.127. The van der Waals surface area contributed by atoms with E-state index in [1.807, 2.05) is 6.92 Å². The molecule has 1 aromatic rings. The molecule has 106 valence electrons. The van der Waals surface area contributed by atoms with E-state index in [1.165, 1.54) is 6.92 Å². The van der Waals surface area contributed by atoms with Gasteiger partial charge in [0.2, 0.25) is 0 Å². The molecule has 4 nitrogen and oxygen atoms in total. The SMILES string of the molecule is CCOCCOC(C)C(=O)Nc1cc(F)ccc1F. The first-order valence-electron chi connectivity index (χ1n) is 5.99. The van der Waals surface area contributed by atoms with Crippen LogP contribution in [-0.4, -0.2) is 31.8 Å². The van der Waals surface area contributed by atoms with Crippen LogP contribution in [0.25, 0.3) is 0 Å². The van der Waals surface area contributed by atoms with Gasteiger partial charge in [0.25, 0.3) is 5.91 Å². The van der Waals surface area contributed by atoms with Crippen LogP contribution < -0.4 is 5.32 Å². The fraction of sp³-hybridized carbons (Fsp3) is 0.462. The second-order valence-electron chi connectivity index (χ2n) is 3.82. The predicted molar refractivity (Wildman–Crippen MR) is 66.9 cm³/mol. The number of hydrogen-bond donors (Lipinski definition) is 1. The van der Waals surface area contributed by atoms with Gasteiger partial charge in [-0.1, -0.05) is 0 Å². The van der Waals surface area contributed by atoms with Crippen LogP contribution in [0, 0.1) is 11.6 Å². The molecule has 1 atom stereocenters.